The molecule has 0 saturated carbocycles. The topological polar surface area (TPSA) is 84.5 Å². The molecule has 0 radical (unpaired) electrons. The largest absolute Gasteiger partial charge is 0.467 e. The van der Waals surface area contributed by atoms with Crippen LogP contribution in [0.4, 0.5) is 0 Å². The minimum atomic E-state index is -0.798. The van der Waals surface area contributed by atoms with E-state index in [1.54, 1.807) is 0 Å². The van der Waals surface area contributed by atoms with Crippen molar-refractivity contribution in [2.45, 2.75) is 52.1 Å². The minimum absolute atomic E-state index is 0.00636. The summed E-state index contributed by atoms with van der Waals surface area (Å²) in [4.78, 5) is 36.8. The maximum atomic E-state index is 12.4. The van der Waals surface area contributed by atoms with E-state index in [1.165, 1.54) is 7.11 Å². The summed E-state index contributed by atoms with van der Waals surface area (Å²) in [7, 11) is 1.30. The van der Waals surface area contributed by atoms with Gasteiger partial charge in [-0.25, -0.2) is 4.79 Å². The predicted molar refractivity (Wildman–Crippen MR) is 116 cm³/mol. The number of hydrogen-bond donors (Lipinski definition) is 2. The number of methoxy groups -OCH3 is 1. The van der Waals surface area contributed by atoms with Crippen molar-refractivity contribution in [2.24, 2.45) is 0 Å². The van der Waals surface area contributed by atoms with E-state index in [0.29, 0.717) is 6.42 Å². The van der Waals surface area contributed by atoms with Gasteiger partial charge in [0.05, 0.1) is 13.2 Å². The number of amides is 2. The van der Waals surface area contributed by atoms with Gasteiger partial charge in [0.25, 0.3) is 0 Å². The number of carbonyl (C=O) groups excluding carboxylic acids is 3. The molecule has 0 aromatic heterocycles. The molecular weight excluding hydrogens is 380 g/mol. The zero-order valence-electron chi connectivity index (χ0n) is 18.0. The number of hydrogen-bond acceptors (Lipinski definition) is 4. The highest BCUT2D eigenvalue weighted by Crippen LogP contribution is 2.16. The third-order valence-corrected chi connectivity index (χ3v) is 5.13. The Kier molecular flexibility index (Phi) is 8.59. The van der Waals surface area contributed by atoms with E-state index in [2.05, 4.69) is 10.6 Å². The first-order valence-electron chi connectivity index (χ1n) is 10.1. The molecule has 160 valence electrons. The van der Waals surface area contributed by atoms with Crippen LogP contribution >= 0.6 is 0 Å². The van der Waals surface area contributed by atoms with Crippen molar-refractivity contribution in [3.8, 4) is 0 Å². The molecule has 6 nitrogen and oxygen atoms in total. The average Bonchev–Trinajstić information content (AvgIpc) is 2.74. The van der Waals surface area contributed by atoms with E-state index < -0.39 is 12.0 Å². The van der Waals surface area contributed by atoms with Crippen molar-refractivity contribution in [1.29, 1.82) is 0 Å². The van der Waals surface area contributed by atoms with Gasteiger partial charge in [0, 0.05) is 19.3 Å². The number of benzene rings is 2. The van der Waals surface area contributed by atoms with Crippen molar-refractivity contribution < 1.29 is 19.1 Å². The van der Waals surface area contributed by atoms with Gasteiger partial charge in [-0.15, -0.1) is 0 Å². The van der Waals surface area contributed by atoms with E-state index in [-0.39, 0.29) is 30.7 Å². The fourth-order valence-corrected chi connectivity index (χ4v) is 3.34. The third kappa shape index (κ3) is 6.72. The molecule has 30 heavy (non-hydrogen) atoms. The molecule has 0 bridgehead atoms. The maximum absolute atomic E-state index is 12.4. The SMILES string of the molecule is COC(=O)[C@H](Cc1c(C)cccc1C)NC(=O)CCC(=O)N[C@H](C)c1ccccc1. The molecule has 0 aliphatic rings. The molecule has 0 saturated heterocycles. The van der Waals surface area contributed by atoms with Crippen molar-refractivity contribution in [3.05, 3.63) is 70.8 Å². The van der Waals surface area contributed by atoms with E-state index in [1.807, 2.05) is 69.3 Å². The summed E-state index contributed by atoms with van der Waals surface area (Å²) in [5, 5.41) is 5.60. The van der Waals surface area contributed by atoms with Gasteiger partial charge < -0.3 is 15.4 Å². The number of carbonyl (C=O) groups is 3. The lowest BCUT2D eigenvalue weighted by Gasteiger charge is -2.19. The van der Waals surface area contributed by atoms with Crippen LogP contribution in [0.5, 0.6) is 0 Å². The third-order valence-electron chi connectivity index (χ3n) is 5.13. The quantitative estimate of drug-likeness (QED) is 0.622. The number of rotatable bonds is 9. The Labute approximate surface area is 178 Å². The molecule has 2 rings (SSSR count). The van der Waals surface area contributed by atoms with E-state index in [4.69, 9.17) is 4.74 Å². The highest BCUT2D eigenvalue weighted by molar-refractivity contribution is 5.87. The van der Waals surface area contributed by atoms with Gasteiger partial charge in [-0.3, -0.25) is 9.59 Å². The highest BCUT2D eigenvalue weighted by atomic mass is 16.5. The zero-order chi connectivity index (χ0) is 22.1. The first kappa shape index (κ1) is 23.1. The summed E-state index contributed by atoms with van der Waals surface area (Å²) in [6.45, 7) is 5.83. The Morgan fingerprint density at radius 3 is 2.00 bits per heavy atom. The van der Waals surface area contributed by atoms with Crippen molar-refractivity contribution >= 4 is 17.8 Å². The maximum Gasteiger partial charge on any atom is 0.328 e. The Hall–Kier alpha value is -3.15. The van der Waals surface area contributed by atoms with Gasteiger partial charge >= 0.3 is 5.97 Å². The number of ether oxygens (including phenoxy) is 1. The molecule has 0 fully saturated rings. The second kappa shape index (κ2) is 11.1. The molecule has 6 heteroatoms. The van der Waals surface area contributed by atoms with Crippen molar-refractivity contribution in [2.75, 3.05) is 7.11 Å². The molecule has 0 heterocycles. The van der Waals surface area contributed by atoms with Crippen LogP contribution < -0.4 is 10.6 Å². The molecule has 2 amide bonds. The first-order valence-corrected chi connectivity index (χ1v) is 10.1. The molecule has 0 unspecified atom stereocenters. The molecular formula is C24H30N2O4. The van der Waals surface area contributed by atoms with Crippen LogP contribution in [0.15, 0.2) is 48.5 Å². The Morgan fingerprint density at radius 1 is 0.867 bits per heavy atom. The molecule has 0 spiro atoms. The normalized spacial score (nSPS) is 12.5. The second-order valence-electron chi connectivity index (χ2n) is 7.42. The first-order chi connectivity index (χ1) is 14.3. The molecule has 0 aliphatic carbocycles. The number of aryl methyl sites for hydroxylation is 2. The average molecular weight is 411 g/mol. The summed E-state index contributed by atoms with van der Waals surface area (Å²) in [5.41, 5.74) is 4.09. The summed E-state index contributed by atoms with van der Waals surface area (Å²) < 4.78 is 4.86. The lowest BCUT2D eigenvalue weighted by Crippen LogP contribution is -2.43. The van der Waals surface area contributed by atoms with Crippen LogP contribution in [-0.2, 0) is 25.5 Å². The smallest absolute Gasteiger partial charge is 0.328 e. The summed E-state index contributed by atoms with van der Waals surface area (Å²) in [6, 6.07) is 14.6. The standard InChI is InChI=1S/C24H30N2O4/c1-16-9-8-10-17(2)20(16)15-21(24(29)30-4)26-23(28)14-13-22(27)25-18(3)19-11-6-5-7-12-19/h5-12,18,21H,13-15H2,1-4H3,(H,25,27)(H,26,28)/t18-,21+/m1/s1. The number of esters is 1. The predicted octanol–water partition coefficient (Wildman–Crippen LogP) is 3.16. The van der Waals surface area contributed by atoms with Crippen LogP contribution in [0.25, 0.3) is 0 Å². The van der Waals surface area contributed by atoms with Crippen LogP contribution in [0, 0.1) is 13.8 Å². The lowest BCUT2D eigenvalue weighted by molar-refractivity contribution is -0.145. The van der Waals surface area contributed by atoms with Crippen LogP contribution in [0.3, 0.4) is 0 Å². The van der Waals surface area contributed by atoms with Crippen LogP contribution in [-0.4, -0.2) is 30.9 Å². The van der Waals surface area contributed by atoms with Gasteiger partial charge in [-0.2, -0.15) is 0 Å². The van der Waals surface area contributed by atoms with Crippen LogP contribution in [0.2, 0.25) is 0 Å². The molecule has 0 aliphatic heterocycles. The Bertz CT molecular complexity index is 860. The van der Waals surface area contributed by atoms with Gasteiger partial charge in [0.15, 0.2) is 0 Å². The second-order valence-corrected chi connectivity index (χ2v) is 7.42. The molecule has 2 N–H and O–H groups in total. The highest BCUT2D eigenvalue weighted by Gasteiger charge is 2.23. The summed E-state index contributed by atoms with van der Waals surface area (Å²) in [6.07, 6.45) is 0.377. The van der Waals surface area contributed by atoms with E-state index in [9.17, 15) is 14.4 Å². The van der Waals surface area contributed by atoms with Gasteiger partial charge in [-0.05, 0) is 43.0 Å². The van der Waals surface area contributed by atoms with Crippen molar-refractivity contribution in [3.63, 3.8) is 0 Å². The fourth-order valence-electron chi connectivity index (χ4n) is 3.34. The van der Waals surface area contributed by atoms with Gasteiger partial charge in [-0.1, -0.05) is 48.5 Å². The number of nitrogens with one attached hydrogen (secondary N) is 2. The van der Waals surface area contributed by atoms with Crippen LogP contribution in [0.1, 0.15) is 48.1 Å². The molecule has 2 aromatic carbocycles. The summed E-state index contributed by atoms with van der Waals surface area (Å²) >= 11 is 0. The fraction of sp³-hybridized carbons (Fsp3) is 0.375. The minimum Gasteiger partial charge on any atom is -0.467 e. The van der Waals surface area contributed by atoms with Crippen molar-refractivity contribution in [1.82, 2.24) is 10.6 Å². The van der Waals surface area contributed by atoms with E-state index in [0.717, 1.165) is 22.3 Å². The zero-order valence-corrected chi connectivity index (χ0v) is 18.0. The molecule has 2 aromatic rings. The summed E-state index contributed by atoms with van der Waals surface area (Å²) in [5.74, 6) is -1.09. The lowest BCUT2D eigenvalue weighted by atomic mass is 9.96. The Morgan fingerprint density at radius 2 is 1.43 bits per heavy atom. The monoisotopic (exact) mass is 410 g/mol. The molecule has 2 atom stereocenters. The Balaban J connectivity index is 1.91. The van der Waals surface area contributed by atoms with Gasteiger partial charge in [0.2, 0.25) is 11.8 Å². The van der Waals surface area contributed by atoms with E-state index >= 15 is 0 Å². The van der Waals surface area contributed by atoms with Gasteiger partial charge in [0.1, 0.15) is 6.04 Å².